The molecule has 2 aromatic rings. The minimum Gasteiger partial charge on any atom is -0.369 e. The van der Waals surface area contributed by atoms with Crippen LogP contribution in [0.15, 0.2) is 53.6 Å². The summed E-state index contributed by atoms with van der Waals surface area (Å²) in [4.78, 5) is 23.2. The molecule has 1 aliphatic heterocycles. The van der Waals surface area contributed by atoms with Crippen molar-refractivity contribution >= 4 is 28.9 Å². The Morgan fingerprint density at radius 3 is 2.36 bits per heavy atom. The molecule has 0 bridgehead atoms. The summed E-state index contributed by atoms with van der Waals surface area (Å²) in [7, 11) is 0. The summed E-state index contributed by atoms with van der Waals surface area (Å²) in [5, 5.41) is 9.22. The van der Waals surface area contributed by atoms with E-state index in [4.69, 9.17) is 5.73 Å². The van der Waals surface area contributed by atoms with E-state index in [1.54, 1.807) is 36.4 Å². The highest BCUT2D eigenvalue weighted by Crippen LogP contribution is 2.20. The van der Waals surface area contributed by atoms with Crippen LogP contribution in [0.25, 0.3) is 0 Å². The Hall–Kier alpha value is -3.15. The van der Waals surface area contributed by atoms with Crippen molar-refractivity contribution in [1.82, 2.24) is 0 Å². The van der Waals surface area contributed by atoms with Crippen molar-refractivity contribution in [3.63, 3.8) is 0 Å². The lowest BCUT2D eigenvalue weighted by atomic mass is 10.1. The summed E-state index contributed by atoms with van der Waals surface area (Å²) in [5.74, 6) is -0.565. The SMILES string of the molecule is CC1=NN(c2ccc(C(=O)Nc3ccc(CC(N)=O)cc3)cc2)CC1. The summed E-state index contributed by atoms with van der Waals surface area (Å²) >= 11 is 0. The minimum absolute atomic E-state index is 0.185. The Kier molecular flexibility index (Phi) is 4.79. The number of hydrogen-bond acceptors (Lipinski definition) is 4. The van der Waals surface area contributed by atoms with Gasteiger partial charge in [0.15, 0.2) is 0 Å². The molecule has 0 saturated carbocycles. The second kappa shape index (κ2) is 7.17. The molecule has 25 heavy (non-hydrogen) atoms. The van der Waals surface area contributed by atoms with Crippen molar-refractivity contribution in [3.8, 4) is 0 Å². The number of nitrogens with zero attached hydrogens (tertiary/aromatic N) is 2. The average molecular weight is 336 g/mol. The number of primary amides is 1. The molecule has 1 heterocycles. The van der Waals surface area contributed by atoms with Crippen LogP contribution in [0.5, 0.6) is 0 Å². The van der Waals surface area contributed by atoms with Gasteiger partial charge in [-0.3, -0.25) is 14.6 Å². The van der Waals surface area contributed by atoms with E-state index in [1.165, 1.54) is 0 Å². The maximum absolute atomic E-state index is 12.3. The Morgan fingerprint density at radius 1 is 1.12 bits per heavy atom. The maximum atomic E-state index is 12.3. The lowest BCUT2D eigenvalue weighted by Crippen LogP contribution is -2.15. The fraction of sp³-hybridized carbons (Fsp3) is 0.211. The van der Waals surface area contributed by atoms with Crippen LogP contribution in [0.3, 0.4) is 0 Å². The van der Waals surface area contributed by atoms with Crippen LogP contribution in [-0.2, 0) is 11.2 Å². The van der Waals surface area contributed by atoms with Gasteiger partial charge in [-0.05, 0) is 48.9 Å². The smallest absolute Gasteiger partial charge is 0.255 e. The number of nitrogens with one attached hydrogen (secondary N) is 1. The van der Waals surface area contributed by atoms with Gasteiger partial charge in [-0.15, -0.1) is 0 Å². The Labute approximate surface area is 146 Å². The molecule has 0 spiro atoms. The number of carbonyl (C=O) groups is 2. The standard InChI is InChI=1S/C19H20N4O2/c1-13-10-11-23(22-13)17-8-4-15(5-9-17)19(25)21-16-6-2-14(3-7-16)12-18(20)24/h2-9H,10-12H2,1H3,(H2,20,24)(H,21,25). The molecule has 0 saturated heterocycles. The number of carbonyl (C=O) groups excluding carboxylic acids is 2. The van der Waals surface area contributed by atoms with Crippen molar-refractivity contribution < 1.29 is 9.59 Å². The van der Waals surface area contributed by atoms with Gasteiger partial charge >= 0.3 is 0 Å². The Balaban J connectivity index is 1.64. The van der Waals surface area contributed by atoms with E-state index in [0.717, 1.165) is 29.9 Å². The first-order valence-corrected chi connectivity index (χ1v) is 8.11. The minimum atomic E-state index is -0.380. The van der Waals surface area contributed by atoms with Gasteiger partial charge in [-0.2, -0.15) is 5.10 Å². The highest BCUT2D eigenvalue weighted by atomic mass is 16.2. The molecule has 6 heteroatoms. The maximum Gasteiger partial charge on any atom is 0.255 e. The number of rotatable bonds is 5. The lowest BCUT2D eigenvalue weighted by Gasteiger charge is -2.14. The zero-order valence-electron chi connectivity index (χ0n) is 14.0. The second-order valence-corrected chi connectivity index (χ2v) is 6.05. The highest BCUT2D eigenvalue weighted by molar-refractivity contribution is 6.04. The van der Waals surface area contributed by atoms with Gasteiger partial charge in [-0.1, -0.05) is 12.1 Å². The van der Waals surface area contributed by atoms with Crippen LogP contribution in [-0.4, -0.2) is 24.1 Å². The van der Waals surface area contributed by atoms with Crippen molar-refractivity contribution in [3.05, 3.63) is 59.7 Å². The van der Waals surface area contributed by atoms with E-state index in [0.29, 0.717) is 11.3 Å². The van der Waals surface area contributed by atoms with Gasteiger partial charge in [0.25, 0.3) is 5.91 Å². The molecular weight excluding hydrogens is 316 g/mol. The van der Waals surface area contributed by atoms with E-state index in [1.807, 2.05) is 24.1 Å². The van der Waals surface area contributed by atoms with E-state index >= 15 is 0 Å². The molecule has 0 aliphatic carbocycles. The highest BCUT2D eigenvalue weighted by Gasteiger charge is 2.13. The third kappa shape index (κ3) is 4.23. The average Bonchev–Trinajstić information content (AvgIpc) is 3.03. The van der Waals surface area contributed by atoms with E-state index in [-0.39, 0.29) is 18.2 Å². The molecular formula is C19H20N4O2. The fourth-order valence-electron chi connectivity index (χ4n) is 2.66. The predicted molar refractivity (Wildman–Crippen MR) is 98.8 cm³/mol. The topological polar surface area (TPSA) is 87.8 Å². The summed E-state index contributed by atoms with van der Waals surface area (Å²) in [6.07, 6.45) is 1.15. The van der Waals surface area contributed by atoms with Crippen LogP contribution in [0.2, 0.25) is 0 Å². The summed E-state index contributed by atoms with van der Waals surface area (Å²) in [5.41, 5.74) is 9.31. The zero-order valence-corrected chi connectivity index (χ0v) is 14.0. The number of hydrogen-bond donors (Lipinski definition) is 2. The van der Waals surface area contributed by atoms with Crippen LogP contribution >= 0.6 is 0 Å². The fourth-order valence-corrected chi connectivity index (χ4v) is 2.66. The first kappa shape index (κ1) is 16.7. The van der Waals surface area contributed by atoms with Crippen molar-refractivity contribution in [2.24, 2.45) is 10.8 Å². The van der Waals surface area contributed by atoms with Crippen LogP contribution < -0.4 is 16.1 Å². The predicted octanol–water partition coefficient (Wildman–Crippen LogP) is 2.55. The number of anilines is 2. The molecule has 2 amide bonds. The second-order valence-electron chi connectivity index (χ2n) is 6.05. The van der Waals surface area contributed by atoms with Gasteiger partial charge in [-0.25, -0.2) is 0 Å². The molecule has 0 atom stereocenters. The molecule has 0 aromatic heterocycles. The van der Waals surface area contributed by atoms with Gasteiger partial charge in [0.1, 0.15) is 0 Å². The Morgan fingerprint density at radius 2 is 1.80 bits per heavy atom. The number of amides is 2. The van der Waals surface area contributed by atoms with Gasteiger partial charge in [0.2, 0.25) is 5.91 Å². The molecule has 0 unspecified atom stereocenters. The van der Waals surface area contributed by atoms with Crippen LogP contribution in [0.4, 0.5) is 11.4 Å². The molecule has 3 rings (SSSR count). The quantitative estimate of drug-likeness (QED) is 0.879. The van der Waals surface area contributed by atoms with Crippen LogP contribution in [0, 0.1) is 0 Å². The summed E-state index contributed by atoms with van der Waals surface area (Å²) in [6, 6.07) is 14.4. The molecule has 0 radical (unpaired) electrons. The first-order chi connectivity index (χ1) is 12.0. The third-order valence-electron chi connectivity index (χ3n) is 3.99. The van der Waals surface area contributed by atoms with Crippen molar-refractivity contribution in [2.75, 3.05) is 16.9 Å². The molecule has 0 fully saturated rings. The molecule has 2 aromatic carbocycles. The monoisotopic (exact) mass is 336 g/mol. The molecule has 3 N–H and O–H groups in total. The third-order valence-corrected chi connectivity index (χ3v) is 3.99. The lowest BCUT2D eigenvalue weighted by molar-refractivity contribution is -0.117. The largest absolute Gasteiger partial charge is 0.369 e. The van der Waals surface area contributed by atoms with Crippen molar-refractivity contribution in [2.45, 2.75) is 19.8 Å². The van der Waals surface area contributed by atoms with Gasteiger partial charge < -0.3 is 11.1 Å². The van der Waals surface area contributed by atoms with E-state index in [9.17, 15) is 9.59 Å². The van der Waals surface area contributed by atoms with Crippen molar-refractivity contribution in [1.29, 1.82) is 0 Å². The molecule has 1 aliphatic rings. The molecule has 6 nitrogen and oxygen atoms in total. The first-order valence-electron chi connectivity index (χ1n) is 8.11. The summed E-state index contributed by atoms with van der Waals surface area (Å²) < 4.78 is 0. The molecule has 128 valence electrons. The van der Waals surface area contributed by atoms with Gasteiger partial charge in [0, 0.05) is 29.9 Å². The summed E-state index contributed by atoms with van der Waals surface area (Å²) in [6.45, 7) is 2.88. The Bertz CT molecular complexity index is 810. The number of benzene rings is 2. The van der Waals surface area contributed by atoms with Gasteiger partial charge in [0.05, 0.1) is 12.1 Å². The number of hydrazone groups is 1. The van der Waals surface area contributed by atoms with E-state index in [2.05, 4.69) is 10.4 Å². The number of nitrogens with two attached hydrogens (primary N) is 1. The zero-order chi connectivity index (χ0) is 17.8. The normalized spacial score (nSPS) is 13.5. The van der Waals surface area contributed by atoms with E-state index < -0.39 is 0 Å². The van der Waals surface area contributed by atoms with Crippen LogP contribution in [0.1, 0.15) is 29.3 Å².